The van der Waals surface area contributed by atoms with Gasteiger partial charge in [0, 0.05) is 42.5 Å². The fourth-order valence-electron chi connectivity index (χ4n) is 4.47. The number of fused-ring (bicyclic) bond motifs is 1. The van der Waals surface area contributed by atoms with Crippen LogP contribution in [0.5, 0.6) is 17.4 Å². The number of halogens is 1. The van der Waals surface area contributed by atoms with E-state index < -0.39 is 5.97 Å². The van der Waals surface area contributed by atoms with Crippen molar-refractivity contribution >= 4 is 40.5 Å². The van der Waals surface area contributed by atoms with Gasteiger partial charge in [-0.25, -0.2) is 9.78 Å². The fourth-order valence-corrected chi connectivity index (χ4v) is 4.47. The second-order valence-electron chi connectivity index (χ2n) is 10.4. The Bertz CT molecular complexity index is 1500. The Morgan fingerprint density at radius 3 is 2.37 bits per heavy atom. The third-order valence-electron chi connectivity index (χ3n) is 6.55. The molecular weight excluding hydrogens is 592 g/mol. The maximum Gasteiger partial charge on any atom is 0.337 e. The quantitative estimate of drug-likeness (QED) is 0.275. The molecule has 0 bridgehead atoms. The van der Waals surface area contributed by atoms with Gasteiger partial charge >= 0.3 is 5.97 Å². The maximum absolute atomic E-state index is 13.4. The molecule has 2 heterocycles. The van der Waals surface area contributed by atoms with Gasteiger partial charge in [0.25, 0.3) is 5.91 Å². The average molecular weight is 626 g/mol. The molecule has 2 aromatic carbocycles. The monoisotopic (exact) mass is 624 g/mol. The summed E-state index contributed by atoms with van der Waals surface area (Å²) in [6.45, 7) is 8.54. The molecule has 41 heavy (non-hydrogen) atoms. The van der Waals surface area contributed by atoms with Crippen LogP contribution in [-0.2, 0) is 12.0 Å². The lowest BCUT2D eigenvalue weighted by Crippen LogP contribution is -2.30. The van der Waals surface area contributed by atoms with Crippen LogP contribution < -0.4 is 14.8 Å². The fraction of sp³-hybridized carbons (Fsp3) is 0.300. The zero-order valence-corrected chi connectivity index (χ0v) is 25.2. The van der Waals surface area contributed by atoms with E-state index in [4.69, 9.17) is 20.0 Å². The van der Waals surface area contributed by atoms with Crippen molar-refractivity contribution in [3.8, 4) is 17.4 Å². The molecule has 3 aromatic rings. The molecule has 3 N–H and O–H groups in total. The number of amides is 1. The molecule has 0 fully saturated rings. The number of carboxylic acid groups (broad SMARTS) is 1. The zero-order valence-electron chi connectivity index (χ0n) is 23.5. The molecule has 0 radical (unpaired) electrons. The molecule has 4 rings (SSSR count). The highest BCUT2D eigenvalue weighted by Gasteiger charge is 2.30. The SMILES string of the molecule is Br.CCOc1cc2c(cc1C(=O)NC)C(=N)N(CC(=O)c1ccc(Oc3ccc(C(=O)O)cn3)c(C(C)(C)C)c1)C2. The van der Waals surface area contributed by atoms with E-state index in [1.54, 1.807) is 35.2 Å². The van der Waals surface area contributed by atoms with Crippen molar-refractivity contribution in [3.05, 3.63) is 82.0 Å². The smallest absolute Gasteiger partial charge is 0.337 e. The van der Waals surface area contributed by atoms with E-state index in [-0.39, 0.29) is 57.9 Å². The van der Waals surface area contributed by atoms with Crippen molar-refractivity contribution in [2.75, 3.05) is 20.2 Å². The molecule has 0 atom stereocenters. The summed E-state index contributed by atoms with van der Waals surface area (Å²) in [5.74, 6) is -0.198. The molecular formula is C30H33BrN4O6. The van der Waals surface area contributed by atoms with Crippen LogP contribution in [0.4, 0.5) is 0 Å². The van der Waals surface area contributed by atoms with Gasteiger partial charge in [-0.05, 0) is 54.3 Å². The van der Waals surface area contributed by atoms with Crippen LogP contribution in [0.1, 0.15) is 75.5 Å². The van der Waals surface area contributed by atoms with E-state index in [1.807, 2.05) is 27.7 Å². The van der Waals surface area contributed by atoms with Crippen LogP contribution in [0, 0.1) is 5.41 Å². The van der Waals surface area contributed by atoms with E-state index in [2.05, 4.69) is 10.3 Å². The Kier molecular flexibility index (Phi) is 9.54. The number of amidine groups is 1. The van der Waals surface area contributed by atoms with Gasteiger partial charge in [0.2, 0.25) is 5.88 Å². The number of Topliss-reactive ketones (excluding diaryl/α,β-unsaturated/α-hetero) is 1. The van der Waals surface area contributed by atoms with E-state index in [0.717, 1.165) is 11.1 Å². The Hall–Kier alpha value is -4.25. The minimum Gasteiger partial charge on any atom is -0.493 e. The summed E-state index contributed by atoms with van der Waals surface area (Å²) in [6, 6.07) is 11.5. The summed E-state index contributed by atoms with van der Waals surface area (Å²) in [5, 5.41) is 20.4. The minimum atomic E-state index is -1.08. The predicted octanol–water partition coefficient (Wildman–Crippen LogP) is 5.23. The third kappa shape index (κ3) is 6.74. The van der Waals surface area contributed by atoms with Gasteiger partial charge in [0.05, 0.1) is 24.3 Å². The summed E-state index contributed by atoms with van der Waals surface area (Å²) in [7, 11) is 1.54. The topological polar surface area (TPSA) is 142 Å². The van der Waals surface area contributed by atoms with Gasteiger partial charge in [-0.15, -0.1) is 17.0 Å². The normalized spacial score (nSPS) is 12.3. The average Bonchev–Trinajstić information content (AvgIpc) is 3.21. The first-order chi connectivity index (χ1) is 18.9. The highest BCUT2D eigenvalue weighted by molar-refractivity contribution is 8.93. The Morgan fingerprint density at radius 1 is 1.07 bits per heavy atom. The van der Waals surface area contributed by atoms with Gasteiger partial charge in [-0.2, -0.15) is 0 Å². The van der Waals surface area contributed by atoms with Gasteiger partial charge < -0.3 is 24.8 Å². The van der Waals surface area contributed by atoms with Crippen molar-refractivity contribution in [2.24, 2.45) is 0 Å². The standard InChI is InChI=1S/C30H32N4O6.BrH/c1-6-39-25-12-19-15-34(27(31)20(19)13-21(25)28(36)32-5)16-23(35)17-7-9-24(22(11-17)30(2,3)4)40-26-10-8-18(14-33-26)29(37)38;/h7-14,31H,6,15-16H2,1-5H3,(H,32,36)(H,37,38);1H. The predicted molar refractivity (Wildman–Crippen MR) is 159 cm³/mol. The molecule has 0 spiro atoms. The number of ether oxygens (including phenoxy) is 2. The summed E-state index contributed by atoms with van der Waals surface area (Å²) < 4.78 is 11.6. The first-order valence-electron chi connectivity index (χ1n) is 12.8. The Labute approximate surface area is 249 Å². The number of ketones is 1. The largest absolute Gasteiger partial charge is 0.493 e. The number of hydrogen-bond acceptors (Lipinski definition) is 7. The lowest BCUT2D eigenvalue weighted by Gasteiger charge is -2.24. The number of carbonyl (C=O) groups is 3. The molecule has 1 aliphatic rings. The number of nitrogens with zero attached hydrogens (tertiary/aromatic N) is 2. The molecule has 0 saturated carbocycles. The van der Waals surface area contributed by atoms with Crippen LogP contribution >= 0.6 is 17.0 Å². The van der Waals surface area contributed by atoms with E-state index in [1.165, 1.54) is 25.4 Å². The number of carboxylic acids is 1. The molecule has 1 aromatic heterocycles. The lowest BCUT2D eigenvalue weighted by atomic mass is 9.85. The first-order valence-corrected chi connectivity index (χ1v) is 12.8. The van der Waals surface area contributed by atoms with Crippen LogP contribution in [0.3, 0.4) is 0 Å². The number of benzene rings is 2. The van der Waals surface area contributed by atoms with Crippen molar-refractivity contribution in [3.63, 3.8) is 0 Å². The molecule has 216 valence electrons. The summed E-state index contributed by atoms with van der Waals surface area (Å²) in [4.78, 5) is 42.7. The number of hydrogen-bond donors (Lipinski definition) is 3. The highest BCUT2D eigenvalue weighted by Crippen LogP contribution is 2.35. The van der Waals surface area contributed by atoms with Crippen LogP contribution in [0.15, 0.2) is 48.7 Å². The number of nitrogens with one attached hydrogen (secondary N) is 2. The van der Waals surface area contributed by atoms with Crippen LogP contribution in [0.25, 0.3) is 0 Å². The van der Waals surface area contributed by atoms with Gasteiger partial charge in [-0.1, -0.05) is 20.8 Å². The summed E-state index contributed by atoms with van der Waals surface area (Å²) >= 11 is 0. The number of pyridine rings is 1. The number of aromatic nitrogens is 1. The zero-order chi connectivity index (χ0) is 29.2. The molecule has 11 heteroatoms. The van der Waals surface area contributed by atoms with Crippen molar-refractivity contribution in [2.45, 2.75) is 39.7 Å². The molecule has 0 unspecified atom stereocenters. The molecule has 1 aliphatic heterocycles. The minimum absolute atomic E-state index is 0. The first kappa shape index (κ1) is 31.3. The van der Waals surface area contributed by atoms with Gasteiger partial charge in [-0.3, -0.25) is 15.0 Å². The molecule has 1 amide bonds. The lowest BCUT2D eigenvalue weighted by molar-refractivity contribution is 0.0695. The third-order valence-corrected chi connectivity index (χ3v) is 6.55. The molecule has 0 saturated heterocycles. The van der Waals surface area contributed by atoms with Crippen molar-refractivity contribution < 1.29 is 29.0 Å². The Balaban J connectivity index is 0.00000462. The van der Waals surface area contributed by atoms with Gasteiger partial charge in [0.1, 0.15) is 17.3 Å². The maximum atomic E-state index is 13.4. The molecule has 10 nitrogen and oxygen atoms in total. The van der Waals surface area contributed by atoms with Crippen LogP contribution in [-0.4, -0.2) is 58.7 Å². The van der Waals surface area contributed by atoms with Crippen molar-refractivity contribution in [1.82, 2.24) is 15.2 Å². The summed E-state index contributed by atoms with van der Waals surface area (Å²) in [5.41, 5.74) is 2.67. The van der Waals surface area contributed by atoms with Gasteiger partial charge in [0.15, 0.2) is 5.78 Å². The molecule has 0 aliphatic carbocycles. The van der Waals surface area contributed by atoms with E-state index in [9.17, 15) is 14.4 Å². The Morgan fingerprint density at radius 2 is 1.78 bits per heavy atom. The number of aromatic carboxylic acids is 1. The second kappa shape index (κ2) is 12.5. The van der Waals surface area contributed by atoms with Crippen LogP contribution in [0.2, 0.25) is 0 Å². The number of rotatable bonds is 9. The van der Waals surface area contributed by atoms with Crippen molar-refractivity contribution in [1.29, 1.82) is 5.41 Å². The summed E-state index contributed by atoms with van der Waals surface area (Å²) in [6.07, 6.45) is 1.23. The number of carbonyl (C=O) groups excluding carboxylic acids is 2. The van der Waals surface area contributed by atoms with E-state index >= 15 is 0 Å². The highest BCUT2D eigenvalue weighted by atomic mass is 79.9. The second-order valence-corrected chi connectivity index (χ2v) is 10.4. The van der Waals surface area contributed by atoms with E-state index in [0.29, 0.717) is 41.3 Å².